The Morgan fingerprint density at radius 1 is 1.26 bits per heavy atom. The molecule has 2 unspecified atom stereocenters. The Labute approximate surface area is 167 Å². The van der Waals surface area contributed by atoms with Gasteiger partial charge in [0, 0.05) is 49.8 Å². The zero-order valence-electron chi connectivity index (χ0n) is 16.3. The highest BCUT2D eigenvalue weighted by atomic mass is 35.5. The molecule has 2 atom stereocenters. The number of aliphatic hydroxyl groups excluding tert-OH is 1. The third-order valence-electron chi connectivity index (χ3n) is 5.84. The third kappa shape index (κ3) is 5.35. The molecule has 1 heterocycles. The summed E-state index contributed by atoms with van der Waals surface area (Å²) in [5.74, 6) is 0. The van der Waals surface area contributed by atoms with Crippen LogP contribution >= 0.6 is 11.6 Å². The van der Waals surface area contributed by atoms with Crippen LogP contribution in [-0.4, -0.2) is 84.3 Å². The van der Waals surface area contributed by atoms with Gasteiger partial charge in [-0.25, -0.2) is 4.79 Å². The summed E-state index contributed by atoms with van der Waals surface area (Å²) in [6.07, 6.45) is 2.55. The highest BCUT2D eigenvalue weighted by Gasteiger charge is 2.30. The van der Waals surface area contributed by atoms with Gasteiger partial charge in [0.05, 0.1) is 12.6 Å². The predicted octanol–water partition coefficient (Wildman–Crippen LogP) is 2.18. The molecule has 2 aliphatic rings. The molecule has 7 heteroatoms. The first-order chi connectivity index (χ1) is 13.0. The minimum atomic E-state index is -0.0558. The van der Waals surface area contributed by atoms with Gasteiger partial charge in [-0.05, 0) is 44.5 Å². The Morgan fingerprint density at radius 3 is 2.44 bits per heavy atom. The molecule has 6 nitrogen and oxygen atoms in total. The molecule has 0 spiro atoms. The molecule has 1 aliphatic heterocycles. The molecule has 1 saturated carbocycles. The minimum absolute atomic E-state index is 0.0118. The van der Waals surface area contributed by atoms with Gasteiger partial charge >= 0.3 is 6.03 Å². The van der Waals surface area contributed by atoms with Crippen LogP contribution in [0.2, 0.25) is 5.02 Å². The van der Waals surface area contributed by atoms with E-state index in [4.69, 9.17) is 11.6 Å². The first kappa shape index (κ1) is 20.4. The average Bonchev–Trinajstić information content (AvgIpc) is 3.53. The first-order valence-electron chi connectivity index (χ1n) is 9.84. The predicted molar refractivity (Wildman–Crippen MR) is 108 cm³/mol. The lowest BCUT2D eigenvalue weighted by Gasteiger charge is -2.39. The number of nitrogens with zero attached hydrogens (tertiary/aromatic N) is 3. The summed E-state index contributed by atoms with van der Waals surface area (Å²) in [5.41, 5.74) is 1.05. The molecule has 150 valence electrons. The van der Waals surface area contributed by atoms with Gasteiger partial charge in [-0.3, -0.25) is 9.80 Å². The number of urea groups is 1. The maximum atomic E-state index is 12.5. The molecule has 3 rings (SSSR count). The number of hydrogen-bond donors (Lipinski definition) is 2. The van der Waals surface area contributed by atoms with Crippen LogP contribution < -0.4 is 5.32 Å². The summed E-state index contributed by atoms with van der Waals surface area (Å²) in [5, 5.41) is 13.6. The van der Waals surface area contributed by atoms with Crippen LogP contribution in [-0.2, 0) is 0 Å². The van der Waals surface area contributed by atoms with Crippen molar-refractivity contribution in [3.63, 3.8) is 0 Å². The Bertz CT molecular complexity index is 615. The van der Waals surface area contributed by atoms with Crippen molar-refractivity contribution in [3.05, 3.63) is 34.9 Å². The van der Waals surface area contributed by atoms with Crippen LogP contribution in [0.15, 0.2) is 24.3 Å². The van der Waals surface area contributed by atoms with Gasteiger partial charge in [-0.1, -0.05) is 23.7 Å². The number of carbonyl (C=O) groups excluding carboxylic acids is 1. The van der Waals surface area contributed by atoms with Gasteiger partial charge in [-0.2, -0.15) is 0 Å². The largest absolute Gasteiger partial charge is 0.394 e. The molecule has 0 radical (unpaired) electrons. The fourth-order valence-corrected chi connectivity index (χ4v) is 3.81. The number of carbonyl (C=O) groups is 1. The molecular formula is C20H31ClN4O2. The molecule has 1 saturated heterocycles. The lowest BCUT2D eigenvalue weighted by atomic mass is 10.1. The Morgan fingerprint density at radius 2 is 1.89 bits per heavy atom. The van der Waals surface area contributed by atoms with Crippen molar-refractivity contribution in [2.75, 3.05) is 46.4 Å². The van der Waals surface area contributed by atoms with Gasteiger partial charge in [0.1, 0.15) is 0 Å². The highest BCUT2D eigenvalue weighted by Crippen LogP contribution is 2.27. The average molecular weight is 395 g/mol. The van der Waals surface area contributed by atoms with Crippen LogP contribution in [0.1, 0.15) is 31.4 Å². The van der Waals surface area contributed by atoms with E-state index in [0.29, 0.717) is 36.7 Å². The smallest absolute Gasteiger partial charge is 0.317 e. The quantitative estimate of drug-likeness (QED) is 0.744. The van der Waals surface area contributed by atoms with E-state index in [9.17, 15) is 9.90 Å². The van der Waals surface area contributed by atoms with Crippen molar-refractivity contribution < 1.29 is 9.90 Å². The summed E-state index contributed by atoms with van der Waals surface area (Å²) in [6, 6.07) is 8.62. The second-order valence-electron chi connectivity index (χ2n) is 7.70. The molecule has 1 aromatic rings. The van der Waals surface area contributed by atoms with Crippen LogP contribution in [0.3, 0.4) is 0 Å². The van der Waals surface area contributed by atoms with Gasteiger partial charge < -0.3 is 15.3 Å². The molecule has 0 bridgehead atoms. The summed E-state index contributed by atoms with van der Waals surface area (Å²) in [7, 11) is 2.14. The van der Waals surface area contributed by atoms with Crippen molar-refractivity contribution in [2.45, 2.75) is 37.9 Å². The summed E-state index contributed by atoms with van der Waals surface area (Å²) in [4.78, 5) is 18.9. The van der Waals surface area contributed by atoms with E-state index in [2.05, 4.69) is 29.1 Å². The number of likely N-dealkylation sites (N-methyl/N-ethyl adjacent to an activating group) is 1. The number of hydrogen-bond acceptors (Lipinski definition) is 4. The van der Waals surface area contributed by atoms with Crippen LogP contribution in [0.25, 0.3) is 0 Å². The van der Waals surface area contributed by atoms with Crippen molar-refractivity contribution in [1.82, 2.24) is 20.0 Å². The van der Waals surface area contributed by atoms with Crippen LogP contribution in [0, 0.1) is 0 Å². The van der Waals surface area contributed by atoms with E-state index in [-0.39, 0.29) is 18.7 Å². The molecule has 0 aromatic heterocycles. The van der Waals surface area contributed by atoms with Crippen molar-refractivity contribution in [2.24, 2.45) is 0 Å². The monoisotopic (exact) mass is 394 g/mol. The van der Waals surface area contributed by atoms with Crippen molar-refractivity contribution in [1.29, 1.82) is 0 Å². The molecule has 2 fully saturated rings. The zero-order valence-corrected chi connectivity index (χ0v) is 17.0. The number of benzene rings is 1. The van der Waals surface area contributed by atoms with Gasteiger partial charge in [0.2, 0.25) is 0 Å². The van der Waals surface area contributed by atoms with Crippen molar-refractivity contribution >= 4 is 17.6 Å². The number of nitrogens with one attached hydrogen (secondary N) is 1. The fraction of sp³-hybridized carbons (Fsp3) is 0.650. The summed E-state index contributed by atoms with van der Waals surface area (Å²) >= 11 is 5.96. The van der Waals surface area contributed by atoms with Gasteiger partial charge in [0.15, 0.2) is 0 Å². The second-order valence-corrected chi connectivity index (χ2v) is 8.14. The van der Waals surface area contributed by atoms with Crippen LogP contribution in [0.5, 0.6) is 0 Å². The van der Waals surface area contributed by atoms with E-state index < -0.39 is 0 Å². The topological polar surface area (TPSA) is 59.1 Å². The SMILES string of the molecule is CC(CNC(=O)N1CCN(C(CO)c2ccc(Cl)cc2)CC1)N(C)C1CC1. The zero-order chi connectivity index (χ0) is 19.4. The third-order valence-corrected chi connectivity index (χ3v) is 6.09. The Kier molecular flexibility index (Phi) is 6.98. The molecule has 1 aromatic carbocycles. The number of amides is 2. The van der Waals surface area contributed by atoms with E-state index in [1.165, 1.54) is 12.8 Å². The normalized spacial score (nSPS) is 20.6. The van der Waals surface area contributed by atoms with E-state index in [1.54, 1.807) is 0 Å². The number of piperazine rings is 1. The molecular weight excluding hydrogens is 364 g/mol. The molecule has 2 amide bonds. The number of halogens is 1. The Balaban J connectivity index is 1.45. The fourth-order valence-electron chi connectivity index (χ4n) is 3.69. The summed E-state index contributed by atoms with van der Waals surface area (Å²) < 4.78 is 0. The lowest BCUT2D eigenvalue weighted by Crippen LogP contribution is -2.54. The maximum Gasteiger partial charge on any atom is 0.317 e. The number of rotatable bonds is 7. The lowest BCUT2D eigenvalue weighted by molar-refractivity contribution is 0.0752. The molecule has 2 N–H and O–H groups in total. The minimum Gasteiger partial charge on any atom is -0.394 e. The highest BCUT2D eigenvalue weighted by molar-refractivity contribution is 6.30. The van der Waals surface area contributed by atoms with E-state index in [1.807, 2.05) is 29.2 Å². The van der Waals surface area contributed by atoms with Crippen molar-refractivity contribution in [3.8, 4) is 0 Å². The van der Waals surface area contributed by atoms with Gasteiger partial charge in [0.25, 0.3) is 0 Å². The second kappa shape index (κ2) is 9.24. The van der Waals surface area contributed by atoms with Gasteiger partial charge in [-0.15, -0.1) is 0 Å². The first-order valence-corrected chi connectivity index (χ1v) is 10.2. The maximum absolute atomic E-state index is 12.5. The van der Waals surface area contributed by atoms with Crippen LogP contribution in [0.4, 0.5) is 4.79 Å². The van der Waals surface area contributed by atoms with E-state index in [0.717, 1.165) is 18.7 Å². The number of aliphatic hydroxyl groups is 1. The standard InChI is InChI=1S/C20H31ClN4O2/c1-15(23(2)18-7-8-18)13-22-20(27)25-11-9-24(10-12-25)19(14-26)16-3-5-17(21)6-4-16/h3-6,15,18-19,26H,7-14H2,1-2H3,(H,22,27). The Hall–Kier alpha value is -1.34. The molecule has 1 aliphatic carbocycles. The van der Waals surface area contributed by atoms with E-state index >= 15 is 0 Å². The summed E-state index contributed by atoms with van der Waals surface area (Å²) in [6.45, 7) is 5.73. The molecule has 27 heavy (non-hydrogen) atoms.